The van der Waals surface area contributed by atoms with Crippen molar-refractivity contribution in [3.05, 3.63) is 55.3 Å². The molecule has 2 aromatic rings. The molecule has 1 aliphatic rings. The van der Waals surface area contributed by atoms with Gasteiger partial charge in [-0.05, 0) is 51.8 Å². The Kier molecular flexibility index (Phi) is 28.1. The van der Waals surface area contributed by atoms with E-state index >= 15 is 0 Å². The molecule has 1 saturated heterocycles. The largest absolute Gasteiger partial charge is 0.465 e. The maximum Gasteiger partial charge on any atom is 0.407 e. The molecule has 2 aromatic carbocycles. The fourth-order valence-corrected chi connectivity index (χ4v) is 7.80. The fraction of sp³-hybridized carbons (Fsp3) is 0.660. The van der Waals surface area contributed by atoms with Crippen LogP contribution in [-0.4, -0.2) is 176 Å². The van der Waals surface area contributed by atoms with Crippen molar-refractivity contribution in [3.63, 3.8) is 0 Å². The molecule has 0 unspecified atom stereocenters. The number of esters is 4. The Morgan fingerprint density at radius 3 is 1.86 bits per heavy atom. The minimum absolute atomic E-state index is 0.126. The molecular weight excluding hydrogens is 1030 g/mol. The molecule has 0 spiro atoms. The molecule has 1 aliphatic heterocycles. The zero-order valence-electron chi connectivity index (χ0n) is 44.5. The summed E-state index contributed by atoms with van der Waals surface area (Å²) in [7, 11) is 1.07. The van der Waals surface area contributed by atoms with Crippen LogP contribution in [0.5, 0.6) is 0 Å². The van der Waals surface area contributed by atoms with E-state index in [0.29, 0.717) is 85.0 Å². The molecule has 0 bridgehead atoms. The number of ether oxygens (including phenoxy) is 11. The second-order valence-electron chi connectivity index (χ2n) is 18.3. The number of carbonyl (C=O) groups is 7. The number of carbonyl (C=O) groups excluding carboxylic acids is 7. The number of hydrogen-bond donors (Lipinski definition) is 5. The van der Waals surface area contributed by atoms with Gasteiger partial charge in [0.05, 0.1) is 85.6 Å². The third-order valence-electron chi connectivity index (χ3n) is 10.8. The molecule has 76 heavy (non-hydrogen) atoms. The number of halogens is 1. The van der Waals surface area contributed by atoms with Crippen LogP contribution in [0, 0.1) is 0 Å². The molecular formula is C50H74ClN5O20. The summed E-state index contributed by atoms with van der Waals surface area (Å²) in [4.78, 5) is 114. The smallest absolute Gasteiger partial charge is 0.407 e. The molecule has 5 N–H and O–H groups in total. The lowest BCUT2D eigenvalue weighted by atomic mass is 9.87. The van der Waals surface area contributed by atoms with Crippen molar-refractivity contribution < 1.29 is 85.7 Å². The average Bonchev–Trinajstić information content (AvgIpc) is 3.34. The van der Waals surface area contributed by atoms with Gasteiger partial charge in [0.1, 0.15) is 29.2 Å². The van der Waals surface area contributed by atoms with Crippen LogP contribution in [0.2, 0.25) is 5.02 Å². The maximum atomic E-state index is 13.7. The molecule has 6 atom stereocenters. The first-order chi connectivity index (χ1) is 36.1. The van der Waals surface area contributed by atoms with E-state index in [0.717, 1.165) is 27.9 Å². The Morgan fingerprint density at radius 2 is 1.30 bits per heavy atom. The minimum atomic E-state index is -2.34. The number of methoxy groups -OCH3 is 1. The second kappa shape index (κ2) is 33.3. The highest BCUT2D eigenvalue weighted by molar-refractivity contribution is 6.31. The molecule has 0 radical (unpaired) electrons. The second-order valence-corrected chi connectivity index (χ2v) is 18.7. The summed E-state index contributed by atoms with van der Waals surface area (Å²) in [5.74, 6) is -7.28. The summed E-state index contributed by atoms with van der Waals surface area (Å²) >= 11 is 6.08. The summed E-state index contributed by atoms with van der Waals surface area (Å²) in [5.41, 5.74) is -1.35. The first-order valence-corrected chi connectivity index (χ1v) is 25.3. The van der Waals surface area contributed by atoms with Gasteiger partial charge in [-0.25, -0.2) is 9.59 Å². The molecule has 0 saturated carbocycles. The van der Waals surface area contributed by atoms with E-state index in [9.17, 15) is 43.2 Å². The van der Waals surface area contributed by atoms with Gasteiger partial charge in [0.2, 0.25) is 5.91 Å². The van der Waals surface area contributed by atoms with Gasteiger partial charge < -0.3 is 78.7 Å². The first-order valence-electron chi connectivity index (χ1n) is 24.9. The van der Waals surface area contributed by atoms with Crippen molar-refractivity contribution in [1.29, 1.82) is 0 Å². The maximum absolute atomic E-state index is 13.7. The lowest BCUT2D eigenvalue weighted by molar-refractivity contribution is -0.313. The van der Waals surface area contributed by atoms with Crippen LogP contribution < -0.4 is 37.4 Å². The SMILES string of the molecule is COC(=O)[C@@]1(OCCCCCCNc2c(NCCOCCOCCOCCOCCNC(=O)OC(C)(C)C)c(=O)c2=O)C[C@H](OC(C)=O)[C@@H](NC(C)=O)[C@H]([C@H](OC(C)=O)[C@@H](CNC(=O)c2cccc(Cl)c2)OC(C)=O)O1. The highest BCUT2D eigenvalue weighted by atomic mass is 35.5. The summed E-state index contributed by atoms with van der Waals surface area (Å²) in [6.07, 6.45) is -5.20. The molecule has 3 rings (SSSR count). The standard InChI is InChI=1S/C50H74ClN5O20/c1-31(57)56-39-37(72-32(2)58)29-50(47(64)66-8,75-45(39)44(74-34(4)60)38(73-33(3)59)30-55-46(63)35-14-13-15-36(51)28-35)71-19-12-10-9-11-16-52-40-41(43(62)42(40)61)53-17-20-67-22-24-69-26-27-70-25-23-68-21-18-54-48(65)76-49(5,6)7/h13-15,28,37-39,44-45,52-53H,9-12,16-27,29-30H2,1-8H3,(H,54,65)(H,55,63)(H,56,57)/t37-,38+,39+,44+,45+,50+/m0/s1. The highest BCUT2D eigenvalue weighted by Crippen LogP contribution is 2.37. The summed E-state index contributed by atoms with van der Waals surface area (Å²) in [6, 6.07) is 4.64. The number of benzene rings is 1. The van der Waals surface area contributed by atoms with Gasteiger partial charge >= 0.3 is 30.0 Å². The number of alkyl carbamates (subject to hydrolysis) is 1. The van der Waals surface area contributed by atoms with Crippen molar-refractivity contribution >= 4 is 64.8 Å². The third kappa shape index (κ3) is 23.1. The Morgan fingerprint density at radius 1 is 0.724 bits per heavy atom. The van der Waals surface area contributed by atoms with Crippen molar-refractivity contribution in [2.24, 2.45) is 0 Å². The summed E-state index contributed by atoms with van der Waals surface area (Å²) < 4.78 is 61.6. The average molecular weight is 1100 g/mol. The summed E-state index contributed by atoms with van der Waals surface area (Å²) in [5, 5.41) is 14.1. The Labute approximate surface area is 446 Å². The normalized spacial score (nSPS) is 18.1. The van der Waals surface area contributed by atoms with Gasteiger partial charge in [0, 0.05) is 57.9 Å². The zero-order chi connectivity index (χ0) is 56.3. The number of anilines is 2. The molecule has 1 heterocycles. The monoisotopic (exact) mass is 1100 g/mol. The summed E-state index contributed by atoms with van der Waals surface area (Å²) in [6.45, 7) is 12.7. The predicted molar refractivity (Wildman–Crippen MR) is 273 cm³/mol. The molecule has 25 nitrogen and oxygen atoms in total. The van der Waals surface area contributed by atoms with E-state index in [1.807, 2.05) is 0 Å². The molecule has 0 aliphatic carbocycles. The van der Waals surface area contributed by atoms with Crippen molar-refractivity contribution in [3.8, 4) is 0 Å². The third-order valence-corrected chi connectivity index (χ3v) is 11.0. The van der Waals surface area contributed by atoms with Gasteiger partial charge in [-0.15, -0.1) is 0 Å². The predicted octanol–water partition coefficient (Wildman–Crippen LogP) is 2.32. The molecule has 0 aromatic heterocycles. The van der Waals surface area contributed by atoms with Gasteiger partial charge in [0.25, 0.3) is 22.6 Å². The number of amides is 3. The Hall–Kier alpha value is -5.96. The van der Waals surface area contributed by atoms with E-state index in [1.165, 1.54) is 19.1 Å². The van der Waals surface area contributed by atoms with E-state index in [2.05, 4.69) is 26.6 Å². The highest BCUT2D eigenvalue weighted by Gasteiger charge is 2.59. The lowest BCUT2D eigenvalue weighted by Crippen LogP contribution is -2.69. The van der Waals surface area contributed by atoms with Crippen LogP contribution in [0.4, 0.5) is 16.2 Å². The molecule has 1 fully saturated rings. The van der Waals surface area contributed by atoms with Gasteiger partial charge in [-0.3, -0.25) is 33.6 Å². The van der Waals surface area contributed by atoms with Crippen LogP contribution in [0.25, 0.3) is 0 Å². The fourth-order valence-electron chi connectivity index (χ4n) is 7.61. The van der Waals surface area contributed by atoms with Gasteiger partial charge in [0.15, 0.2) is 12.2 Å². The quantitative estimate of drug-likeness (QED) is 0.0286. The molecule has 26 heteroatoms. The Bertz CT molecular complexity index is 2270. The first kappa shape index (κ1) is 64.3. The topological polar surface area (TPSA) is 315 Å². The zero-order valence-corrected chi connectivity index (χ0v) is 45.2. The van der Waals surface area contributed by atoms with Gasteiger partial charge in [-0.1, -0.05) is 30.5 Å². The number of hydrogen-bond acceptors (Lipinski definition) is 22. The van der Waals surface area contributed by atoms with Crippen LogP contribution >= 0.6 is 11.6 Å². The molecule has 426 valence electrons. The van der Waals surface area contributed by atoms with E-state index in [-0.39, 0.29) is 41.7 Å². The van der Waals surface area contributed by atoms with Crippen molar-refractivity contribution in [2.75, 3.05) is 103 Å². The number of nitrogens with one attached hydrogen (secondary N) is 5. The van der Waals surface area contributed by atoms with E-state index in [1.54, 1.807) is 32.9 Å². The van der Waals surface area contributed by atoms with E-state index < -0.39 is 107 Å². The van der Waals surface area contributed by atoms with Crippen LogP contribution in [0.15, 0.2) is 33.9 Å². The van der Waals surface area contributed by atoms with Crippen LogP contribution in [0.3, 0.4) is 0 Å². The van der Waals surface area contributed by atoms with Crippen molar-refractivity contribution in [1.82, 2.24) is 16.0 Å². The minimum Gasteiger partial charge on any atom is -0.465 e. The van der Waals surface area contributed by atoms with Crippen LogP contribution in [-0.2, 0) is 76.1 Å². The number of rotatable bonds is 35. The Balaban J connectivity index is 1.50. The lowest BCUT2D eigenvalue weighted by Gasteiger charge is -2.48. The number of unbranched alkanes of at least 4 members (excludes halogenated alkanes) is 3. The van der Waals surface area contributed by atoms with Crippen LogP contribution in [0.1, 0.15) is 90.9 Å². The van der Waals surface area contributed by atoms with Crippen molar-refractivity contribution in [2.45, 2.75) is 122 Å². The molecule has 3 amide bonds. The van der Waals surface area contributed by atoms with Gasteiger partial charge in [-0.2, -0.15) is 0 Å². The van der Waals surface area contributed by atoms with E-state index in [4.69, 9.17) is 63.7 Å².